The molecule has 0 aliphatic carbocycles. The largest absolute Gasteiger partial charge is 0.493 e. The van der Waals surface area contributed by atoms with Crippen molar-refractivity contribution in [2.45, 2.75) is 6.92 Å². The molecule has 0 radical (unpaired) electrons. The summed E-state index contributed by atoms with van der Waals surface area (Å²) >= 11 is 0. The Balaban J connectivity index is 1.64. The number of rotatable bonds is 8. The van der Waals surface area contributed by atoms with E-state index in [4.69, 9.17) is 13.6 Å². The minimum atomic E-state index is -3.76. The summed E-state index contributed by atoms with van der Waals surface area (Å²) in [6, 6.07) is 18.2. The van der Waals surface area contributed by atoms with Crippen molar-refractivity contribution >= 4 is 43.7 Å². The van der Waals surface area contributed by atoms with Crippen molar-refractivity contribution in [2.75, 3.05) is 31.3 Å². The Labute approximate surface area is 257 Å². The molecule has 6 aromatic rings. The van der Waals surface area contributed by atoms with E-state index in [1.54, 1.807) is 30.3 Å². The number of halogens is 2. The molecule has 1 amide bonds. The molecule has 0 unspecified atom stereocenters. The summed E-state index contributed by atoms with van der Waals surface area (Å²) in [5.41, 5.74) is 2.80. The monoisotopic (exact) mass is 631 g/mol. The van der Waals surface area contributed by atoms with Crippen LogP contribution in [-0.4, -0.2) is 46.3 Å². The second-order valence-corrected chi connectivity index (χ2v) is 12.3. The first-order valence-electron chi connectivity index (χ1n) is 13.8. The van der Waals surface area contributed by atoms with E-state index in [0.29, 0.717) is 40.0 Å². The number of sulfonamides is 1. The Morgan fingerprint density at radius 2 is 1.69 bits per heavy atom. The molecule has 2 aromatic heterocycles. The van der Waals surface area contributed by atoms with Gasteiger partial charge in [0.1, 0.15) is 28.4 Å². The van der Waals surface area contributed by atoms with Crippen LogP contribution in [0, 0.1) is 11.6 Å². The lowest BCUT2D eigenvalue weighted by molar-refractivity contribution is 0.0964. The van der Waals surface area contributed by atoms with Crippen LogP contribution in [0.5, 0.6) is 5.75 Å². The van der Waals surface area contributed by atoms with E-state index in [2.05, 4.69) is 10.3 Å². The van der Waals surface area contributed by atoms with E-state index in [-0.39, 0.29) is 39.6 Å². The van der Waals surface area contributed by atoms with Crippen molar-refractivity contribution in [3.05, 3.63) is 90.0 Å². The number of hydrogen-bond acceptors (Lipinski definition) is 7. The third kappa shape index (κ3) is 5.37. The molecule has 0 fully saturated rings. The summed E-state index contributed by atoms with van der Waals surface area (Å²) < 4.78 is 72.8. The SMILES string of the molecule is CCOc1ccc(-c2cc3c(C(=O)NC)c(-c4ccc(F)cc4)oc3cc2N(C)S(C)(=O)=O)cc1-c1nc2c(F)cccc2o1. The van der Waals surface area contributed by atoms with Gasteiger partial charge in [-0.2, -0.15) is 0 Å². The Hall–Kier alpha value is -5.23. The number of carbonyl (C=O) groups is 1. The summed E-state index contributed by atoms with van der Waals surface area (Å²) in [6.07, 6.45) is 1.07. The van der Waals surface area contributed by atoms with Gasteiger partial charge in [-0.1, -0.05) is 12.1 Å². The molecule has 0 aliphatic rings. The first kappa shape index (κ1) is 29.8. The number of oxazole rings is 1. The second-order valence-electron chi connectivity index (χ2n) is 10.2. The summed E-state index contributed by atoms with van der Waals surface area (Å²) in [5, 5.41) is 3.02. The fourth-order valence-corrected chi connectivity index (χ4v) is 5.64. The van der Waals surface area contributed by atoms with E-state index in [0.717, 1.165) is 10.6 Å². The summed E-state index contributed by atoms with van der Waals surface area (Å²) in [5.74, 6) is -0.742. The van der Waals surface area contributed by atoms with E-state index < -0.39 is 27.6 Å². The molecule has 230 valence electrons. The lowest BCUT2D eigenvalue weighted by atomic mass is 9.97. The standard InChI is InChI=1S/C33H27F2N3O6S/c1-5-42-26-14-11-19(15-23(26)33-37-30-24(35)7-6-8-27(30)44-33)21-16-22-28(17-25(21)38(3)45(4,40)41)43-31(29(22)32(39)36-2)18-9-12-20(34)13-10-18/h6-17H,5H2,1-4H3,(H,36,39). The number of nitrogens with one attached hydrogen (secondary N) is 1. The highest BCUT2D eigenvalue weighted by Gasteiger charge is 2.27. The molecule has 0 saturated heterocycles. The number of benzene rings is 4. The maximum atomic E-state index is 14.5. The molecule has 6 rings (SSSR count). The Morgan fingerprint density at radius 3 is 2.36 bits per heavy atom. The van der Waals surface area contributed by atoms with Crippen LogP contribution in [0.1, 0.15) is 17.3 Å². The fourth-order valence-electron chi connectivity index (χ4n) is 5.13. The number of nitrogens with zero attached hydrogens (tertiary/aromatic N) is 2. The molecule has 45 heavy (non-hydrogen) atoms. The number of carbonyl (C=O) groups excluding carboxylic acids is 1. The van der Waals surface area contributed by atoms with Crippen molar-refractivity contribution in [2.24, 2.45) is 0 Å². The maximum Gasteiger partial charge on any atom is 0.255 e. The predicted molar refractivity (Wildman–Crippen MR) is 168 cm³/mol. The van der Waals surface area contributed by atoms with Crippen LogP contribution in [-0.2, 0) is 10.0 Å². The van der Waals surface area contributed by atoms with Crippen molar-refractivity contribution in [1.29, 1.82) is 0 Å². The van der Waals surface area contributed by atoms with Gasteiger partial charge in [0.05, 0.1) is 29.7 Å². The molecule has 0 atom stereocenters. The van der Waals surface area contributed by atoms with Gasteiger partial charge in [-0.15, -0.1) is 0 Å². The number of fused-ring (bicyclic) bond motifs is 2. The minimum Gasteiger partial charge on any atom is -0.493 e. The first-order valence-corrected chi connectivity index (χ1v) is 15.7. The molecule has 0 saturated carbocycles. The number of amides is 1. The van der Waals surface area contributed by atoms with Gasteiger partial charge in [-0.25, -0.2) is 22.2 Å². The molecule has 1 N–H and O–H groups in total. The Morgan fingerprint density at radius 1 is 0.956 bits per heavy atom. The predicted octanol–water partition coefficient (Wildman–Crippen LogP) is 7.01. The van der Waals surface area contributed by atoms with Gasteiger partial charge in [0.25, 0.3) is 5.91 Å². The van der Waals surface area contributed by atoms with Gasteiger partial charge < -0.3 is 18.9 Å². The summed E-state index contributed by atoms with van der Waals surface area (Å²) in [7, 11) is -0.882. The normalized spacial score (nSPS) is 11.7. The van der Waals surface area contributed by atoms with Crippen LogP contribution in [0.15, 0.2) is 81.6 Å². The zero-order valence-corrected chi connectivity index (χ0v) is 25.5. The smallest absolute Gasteiger partial charge is 0.255 e. The molecule has 12 heteroatoms. The fraction of sp³-hybridized carbons (Fsp3) is 0.152. The molecule has 2 heterocycles. The Bertz CT molecular complexity index is 2210. The van der Waals surface area contributed by atoms with E-state index in [1.807, 2.05) is 6.92 Å². The highest BCUT2D eigenvalue weighted by atomic mass is 32.2. The Kier molecular flexibility index (Phi) is 7.53. The van der Waals surface area contributed by atoms with Crippen LogP contribution in [0.4, 0.5) is 14.5 Å². The lowest BCUT2D eigenvalue weighted by Crippen LogP contribution is -2.25. The van der Waals surface area contributed by atoms with E-state index in [9.17, 15) is 22.0 Å². The molecular weight excluding hydrogens is 604 g/mol. The zero-order chi connectivity index (χ0) is 32.0. The van der Waals surface area contributed by atoms with E-state index in [1.165, 1.54) is 56.6 Å². The summed E-state index contributed by atoms with van der Waals surface area (Å²) in [6.45, 7) is 2.14. The molecule has 4 aromatic carbocycles. The van der Waals surface area contributed by atoms with Gasteiger partial charge in [0.15, 0.2) is 11.4 Å². The number of aromatic nitrogens is 1. The van der Waals surface area contributed by atoms with Gasteiger partial charge in [0, 0.05) is 36.7 Å². The van der Waals surface area contributed by atoms with Crippen molar-refractivity contribution < 1.29 is 35.6 Å². The number of anilines is 1. The summed E-state index contributed by atoms with van der Waals surface area (Å²) in [4.78, 5) is 17.6. The first-order chi connectivity index (χ1) is 21.5. The van der Waals surface area contributed by atoms with Crippen LogP contribution in [0.2, 0.25) is 0 Å². The highest BCUT2D eigenvalue weighted by Crippen LogP contribution is 2.43. The quantitative estimate of drug-likeness (QED) is 0.192. The topological polar surface area (TPSA) is 115 Å². The van der Waals surface area contributed by atoms with E-state index >= 15 is 0 Å². The maximum absolute atomic E-state index is 14.5. The average Bonchev–Trinajstić information content (AvgIpc) is 3.62. The third-order valence-corrected chi connectivity index (χ3v) is 8.59. The molecule has 9 nitrogen and oxygen atoms in total. The van der Waals surface area contributed by atoms with Gasteiger partial charge >= 0.3 is 0 Å². The molecule has 0 aliphatic heterocycles. The number of hydrogen-bond donors (Lipinski definition) is 1. The average molecular weight is 632 g/mol. The molecular formula is C33H27F2N3O6S. The van der Waals surface area contributed by atoms with Gasteiger partial charge in [-0.3, -0.25) is 9.10 Å². The van der Waals surface area contributed by atoms with Crippen molar-refractivity contribution in [3.8, 4) is 39.7 Å². The zero-order valence-electron chi connectivity index (χ0n) is 24.6. The van der Waals surface area contributed by atoms with Crippen LogP contribution in [0.3, 0.4) is 0 Å². The molecule has 0 spiro atoms. The minimum absolute atomic E-state index is 0.0567. The molecule has 0 bridgehead atoms. The number of para-hydroxylation sites is 1. The third-order valence-electron chi connectivity index (χ3n) is 7.39. The lowest BCUT2D eigenvalue weighted by Gasteiger charge is -2.21. The number of furan rings is 1. The second kappa shape index (κ2) is 11.4. The van der Waals surface area contributed by atoms with Crippen LogP contribution >= 0.6 is 0 Å². The number of ether oxygens (including phenoxy) is 1. The highest BCUT2D eigenvalue weighted by molar-refractivity contribution is 7.92. The van der Waals surface area contributed by atoms with Crippen LogP contribution in [0.25, 0.3) is 56.0 Å². The van der Waals surface area contributed by atoms with Crippen molar-refractivity contribution in [3.63, 3.8) is 0 Å². The van der Waals surface area contributed by atoms with Gasteiger partial charge in [0.2, 0.25) is 15.9 Å². The van der Waals surface area contributed by atoms with Gasteiger partial charge in [-0.05, 0) is 67.1 Å². The van der Waals surface area contributed by atoms with Crippen molar-refractivity contribution in [1.82, 2.24) is 10.3 Å². The van der Waals surface area contributed by atoms with Crippen LogP contribution < -0.4 is 14.4 Å².